The van der Waals surface area contributed by atoms with Crippen LogP contribution in [0.3, 0.4) is 0 Å². The molecule has 1 amide bonds. The number of nitrogens with one attached hydrogen (secondary N) is 1. The van der Waals surface area contributed by atoms with Gasteiger partial charge in [-0.1, -0.05) is 30.3 Å². The minimum absolute atomic E-state index is 0.405. The number of carbonyl (C=O) groups is 1. The molecule has 6 nitrogen and oxygen atoms in total. The summed E-state index contributed by atoms with van der Waals surface area (Å²) in [6.07, 6.45) is 1.95. The van der Waals surface area contributed by atoms with Crippen LogP contribution in [0.5, 0.6) is 11.5 Å². The molecule has 3 atom stereocenters. The van der Waals surface area contributed by atoms with E-state index in [-0.39, 0.29) is 0 Å². The van der Waals surface area contributed by atoms with Crippen molar-refractivity contribution < 1.29 is 19.0 Å². The van der Waals surface area contributed by atoms with E-state index >= 15 is 0 Å². The van der Waals surface area contributed by atoms with E-state index in [1.54, 1.807) is 32.4 Å². The van der Waals surface area contributed by atoms with Crippen molar-refractivity contribution in [2.24, 2.45) is 11.8 Å². The van der Waals surface area contributed by atoms with Gasteiger partial charge in [-0.2, -0.15) is 0 Å². The van der Waals surface area contributed by atoms with E-state index in [2.05, 4.69) is 34.5 Å². The van der Waals surface area contributed by atoms with E-state index < -0.39 is 6.09 Å². The Bertz CT molecular complexity index is 842. The molecule has 4 rings (SSSR count). The summed E-state index contributed by atoms with van der Waals surface area (Å²) in [7, 11) is 3.15. The Balaban J connectivity index is 1.32. The van der Waals surface area contributed by atoms with Gasteiger partial charge in [-0.15, -0.1) is 0 Å². The Morgan fingerprint density at radius 3 is 2.69 bits per heavy atom. The second-order valence-corrected chi connectivity index (χ2v) is 7.77. The van der Waals surface area contributed by atoms with Gasteiger partial charge in [0, 0.05) is 31.1 Å². The Hall–Kier alpha value is -2.73. The van der Waals surface area contributed by atoms with Crippen molar-refractivity contribution in [3.63, 3.8) is 0 Å². The number of anilines is 1. The van der Waals surface area contributed by atoms with Crippen LogP contribution in [0.15, 0.2) is 48.5 Å². The highest BCUT2D eigenvalue weighted by Crippen LogP contribution is 2.43. The molecule has 3 unspecified atom stereocenters. The minimum atomic E-state index is -0.450. The van der Waals surface area contributed by atoms with Gasteiger partial charge in [-0.25, -0.2) is 4.79 Å². The topological polar surface area (TPSA) is 60.0 Å². The van der Waals surface area contributed by atoms with E-state index in [4.69, 9.17) is 14.2 Å². The van der Waals surface area contributed by atoms with Gasteiger partial charge in [0.2, 0.25) is 0 Å². The quantitative estimate of drug-likeness (QED) is 0.761. The van der Waals surface area contributed by atoms with E-state index in [0.29, 0.717) is 41.7 Å². The fraction of sp³-hybridized carbons (Fsp3) is 0.435. The monoisotopic (exact) mass is 396 g/mol. The maximum Gasteiger partial charge on any atom is 0.411 e. The van der Waals surface area contributed by atoms with Crippen LogP contribution in [0.25, 0.3) is 0 Å². The number of benzene rings is 2. The summed E-state index contributed by atoms with van der Waals surface area (Å²) in [4.78, 5) is 14.9. The van der Waals surface area contributed by atoms with Gasteiger partial charge >= 0.3 is 6.09 Å². The number of amides is 1. The van der Waals surface area contributed by atoms with E-state index in [1.807, 2.05) is 6.07 Å². The highest BCUT2D eigenvalue weighted by molar-refractivity contribution is 5.87. The first-order valence-electron chi connectivity index (χ1n) is 10.1. The summed E-state index contributed by atoms with van der Waals surface area (Å²) in [5, 5.41) is 2.78. The zero-order valence-electron chi connectivity index (χ0n) is 17.0. The number of hydrogen-bond donors (Lipinski definition) is 1. The van der Waals surface area contributed by atoms with Crippen molar-refractivity contribution in [1.82, 2.24) is 4.90 Å². The third-order valence-electron chi connectivity index (χ3n) is 6.15. The van der Waals surface area contributed by atoms with Crippen LogP contribution in [-0.2, 0) is 11.3 Å². The number of nitrogens with zero attached hydrogens (tertiary/aromatic N) is 1. The standard InChI is InChI=1S/C23H28N2O4/c1-27-18-9-10-20(22(12-18)28-2)24-23(26)29-15-19-17-8-11-21(19)25(14-17)13-16-6-4-3-5-7-16/h3-7,9-10,12,17,19,21H,8,11,13-15H2,1-2H3,(H,24,26). The average molecular weight is 396 g/mol. The van der Waals surface area contributed by atoms with E-state index in [9.17, 15) is 4.79 Å². The number of rotatable bonds is 7. The maximum atomic E-state index is 12.4. The normalized spacial score (nSPS) is 23.0. The van der Waals surface area contributed by atoms with Crippen LogP contribution in [-0.4, -0.2) is 44.4 Å². The highest BCUT2D eigenvalue weighted by Gasteiger charge is 2.46. The largest absolute Gasteiger partial charge is 0.497 e. The molecule has 6 heteroatoms. The van der Waals surface area contributed by atoms with Crippen LogP contribution < -0.4 is 14.8 Å². The lowest BCUT2D eigenvalue weighted by atomic mass is 9.99. The van der Waals surface area contributed by atoms with Crippen LogP contribution in [0, 0.1) is 11.8 Å². The van der Waals surface area contributed by atoms with Crippen LogP contribution in [0.1, 0.15) is 18.4 Å². The molecule has 29 heavy (non-hydrogen) atoms. The minimum Gasteiger partial charge on any atom is -0.497 e. The van der Waals surface area contributed by atoms with Gasteiger partial charge in [-0.3, -0.25) is 10.2 Å². The molecule has 1 N–H and O–H groups in total. The van der Waals surface area contributed by atoms with Gasteiger partial charge < -0.3 is 14.2 Å². The second-order valence-electron chi connectivity index (χ2n) is 7.77. The summed E-state index contributed by atoms with van der Waals surface area (Å²) in [5.41, 5.74) is 1.91. The Labute approximate surface area is 171 Å². The molecule has 0 radical (unpaired) electrons. The van der Waals surface area contributed by atoms with Crippen molar-refractivity contribution in [2.45, 2.75) is 25.4 Å². The van der Waals surface area contributed by atoms with Crippen molar-refractivity contribution in [3.05, 3.63) is 54.1 Å². The summed E-state index contributed by atoms with van der Waals surface area (Å²) >= 11 is 0. The van der Waals surface area contributed by atoms with E-state index in [1.165, 1.54) is 18.4 Å². The Morgan fingerprint density at radius 1 is 1.10 bits per heavy atom. The van der Waals surface area contributed by atoms with Gasteiger partial charge in [-0.05, 0) is 36.5 Å². The summed E-state index contributed by atoms with van der Waals surface area (Å²) < 4.78 is 16.1. The first-order chi connectivity index (χ1) is 14.2. The number of likely N-dealkylation sites (tertiary alicyclic amines) is 1. The van der Waals surface area contributed by atoms with Gasteiger partial charge in [0.05, 0.1) is 26.5 Å². The third-order valence-corrected chi connectivity index (χ3v) is 6.15. The molecule has 154 valence electrons. The average Bonchev–Trinajstić information content (AvgIpc) is 3.29. The Kier molecular flexibility index (Phi) is 5.90. The number of ether oxygens (including phenoxy) is 3. The first kappa shape index (κ1) is 19.6. The predicted octanol–water partition coefficient (Wildman–Crippen LogP) is 4.16. The molecule has 2 aromatic rings. The fourth-order valence-electron chi connectivity index (χ4n) is 4.71. The smallest absolute Gasteiger partial charge is 0.411 e. The molecule has 2 fully saturated rings. The number of carbonyl (C=O) groups excluding carboxylic acids is 1. The molecule has 0 aromatic heterocycles. The van der Waals surface area contributed by atoms with Crippen molar-refractivity contribution in [2.75, 3.05) is 32.7 Å². The van der Waals surface area contributed by atoms with Gasteiger partial charge in [0.25, 0.3) is 0 Å². The van der Waals surface area contributed by atoms with Crippen molar-refractivity contribution >= 4 is 11.8 Å². The van der Waals surface area contributed by atoms with E-state index in [0.717, 1.165) is 13.1 Å². The van der Waals surface area contributed by atoms with Crippen LogP contribution in [0.2, 0.25) is 0 Å². The zero-order valence-corrected chi connectivity index (χ0v) is 17.0. The number of hydrogen-bond acceptors (Lipinski definition) is 5. The highest BCUT2D eigenvalue weighted by atomic mass is 16.5. The molecular formula is C23H28N2O4. The first-order valence-corrected chi connectivity index (χ1v) is 10.1. The second kappa shape index (κ2) is 8.74. The number of piperidine rings is 1. The molecule has 1 aliphatic heterocycles. The van der Waals surface area contributed by atoms with Gasteiger partial charge in [0.1, 0.15) is 11.5 Å². The molecular weight excluding hydrogens is 368 g/mol. The number of methoxy groups -OCH3 is 2. The molecule has 1 aliphatic carbocycles. The molecule has 2 aliphatic rings. The third kappa shape index (κ3) is 4.32. The van der Waals surface area contributed by atoms with Crippen molar-refractivity contribution in [1.29, 1.82) is 0 Å². The van der Waals surface area contributed by atoms with Gasteiger partial charge in [0.15, 0.2) is 0 Å². The lowest BCUT2D eigenvalue weighted by Crippen LogP contribution is -2.33. The molecule has 0 spiro atoms. The fourth-order valence-corrected chi connectivity index (χ4v) is 4.71. The SMILES string of the molecule is COc1ccc(NC(=O)OCC2C3CCC2N(Cc2ccccc2)C3)c(OC)c1. The molecule has 1 heterocycles. The molecule has 2 bridgehead atoms. The summed E-state index contributed by atoms with van der Waals surface area (Å²) in [5.74, 6) is 2.22. The summed E-state index contributed by atoms with van der Waals surface area (Å²) in [6.45, 7) is 2.50. The van der Waals surface area contributed by atoms with Crippen LogP contribution >= 0.6 is 0 Å². The summed E-state index contributed by atoms with van der Waals surface area (Å²) in [6, 6.07) is 16.3. The molecule has 1 saturated heterocycles. The Morgan fingerprint density at radius 2 is 1.93 bits per heavy atom. The maximum absolute atomic E-state index is 12.4. The molecule has 1 saturated carbocycles. The molecule has 2 aromatic carbocycles. The lowest BCUT2D eigenvalue weighted by molar-refractivity contribution is 0.125. The lowest BCUT2D eigenvalue weighted by Gasteiger charge is -2.27. The van der Waals surface area contributed by atoms with Crippen LogP contribution in [0.4, 0.5) is 10.5 Å². The zero-order chi connectivity index (χ0) is 20.2. The predicted molar refractivity (Wildman–Crippen MR) is 111 cm³/mol. The number of fused-ring (bicyclic) bond motifs is 2. The van der Waals surface area contributed by atoms with Crippen molar-refractivity contribution in [3.8, 4) is 11.5 Å².